The Kier molecular flexibility index (Phi) is 4.81. The van der Waals surface area contributed by atoms with Crippen molar-refractivity contribution in [1.82, 2.24) is 9.55 Å². The fourth-order valence-corrected chi connectivity index (χ4v) is 3.80. The SMILES string of the molecule is COc1ccc(-n2c(C=Cc3cccc4ccccc34)nc3ccccc3c2=O)cc1. The van der Waals surface area contributed by atoms with Crippen molar-refractivity contribution in [1.29, 1.82) is 0 Å². The van der Waals surface area contributed by atoms with Gasteiger partial charge in [-0.15, -0.1) is 0 Å². The molecule has 0 saturated carbocycles. The van der Waals surface area contributed by atoms with Gasteiger partial charge in [-0.2, -0.15) is 0 Å². The van der Waals surface area contributed by atoms with Crippen molar-refractivity contribution in [3.8, 4) is 11.4 Å². The number of benzene rings is 4. The molecule has 0 bridgehead atoms. The fraction of sp³-hybridized carbons (Fsp3) is 0.0370. The highest BCUT2D eigenvalue weighted by atomic mass is 16.5. The molecular formula is C27H20N2O2. The Labute approximate surface area is 179 Å². The molecule has 4 aromatic carbocycles. The van der Waals surface area contributed by atoms with Crippen molar-refractivity contribution < 1.29 is 4.74 Å². The number of hydrogen-bond donors (Lipinski definition) is 0. The molecule has 31 heavy (non-hydrogen) atoms. The number of rotatable bonds is 4. The van der Waals surface area contributed by atoms with Crippen LogP contribution in [-0.4, -0.2) is 16.7 Å². The van der Waals surface area contributed by atoms with Crippen LogP contribution in [0.2, 0.25) is 0 Å². The normalized spacial score (nSPS) is 11.4. The fourth-order valence-electron chi connectivity index (χ4n) is 3.80. The molecule has 0 unspecified atom stereocenters. The first-order valence-corrected chi connectivity index (χ1v) is 10.1. The molecule has 0 aliphatic heterocycles. The number of ether oxygens (including phenoxy) is 1. The standard InChI is InChI=1S/C27H20N2O2/c1-31-22-16-14-21(15-17-22)29-26(28-25-12-5-4-11-24(25)27(29)30)18-13-20-9-6-8-19-7-2-3-10-23(19)20/h2-18H,1H3. The van der Waals surface area contributed by atoms with E-state index in [0.29, 0.717) is 16.7 Å². The van der Waals surface area contributed by atoms with Crippen LogP contribution in [0.15, 0.2) is 95.8 Å². The number of methoxy groups -OCH3 is 1. The lowest BCUT2D eigenvalue weighted by molar-refractivity contribution is 0.414. The van der Waals surface area contributed by atoms with Gasteiger partial charge in [0.05, 0.1) is 23.7 Å². The molecule has 0 fully saturated rings. The van der Waals surface area contributed by atoms with Crippen molar-refractivity contribution in [2.24, 2.45) is 0 Å². The lowest BCUT2D eigenvalue weighted by Gasteiger charge is -2.12. The van der Waals surface area contributed by atoms with Crippen LogP contribution in [0.4, 0.5) is 0 Å². The van der Waals surface area contributed by atoms with Crippen LogP contribution in [-0.2, 0) is 0 Å². The Bertz CT molecular complexity index is 1480. The van der Waals surface area contributed by atoms with Crippen molar-refractivity contribution >= 4 is 33.8 Å². The maximum atomic E-state index is 13.4. The maximum Gasteiger partial charge on any atom is 0.266 e. The number of fused-ring (bicyclic) bond motifs is 2. The summed E-state index contributed by atoms with van der Waals surface area (Å²) in [6.07, 6.45) is 3.92. The molecule has 0 spiro atoms. The molecule has 4 nitrogen and oxygen atoms in total. The molecule has 150 valence electrons. The van der Waals surface area contributed by atoms with Gasteiger partial charge in [0.1, 0.15) is 11.6 Å². The summed E-state index contributed by atoms with van der Waals surface area (Å²) >= 11 is 0. The second-order valence-electron chi connectivity index (χ2n) is 7.23. The zero-order valence-electron chi connectivity index (χ0n) is 17.0. The van der Waals surface area contributed by atoms with Gasteiger partial charge in [-0.1, -0.05) is 60.7 Å². The highest BCUT2D eigenvalue weighted by Gasteiger charge is 2.11. The third-order valence-electron chi connectivity index (χ3n) is 5.37. The summed E-state index contributed by atoms with van der Waals surface area (Å²) in [6, 6.07) is 29.3. The van der Waals surface area contributed by atoms with Crippen molar-refractivity contribution in [2.75, 3.05) is 7.11 Å². The highest BCUT2D eigenvalue weighted by molar-refractivity contribution is 5.92. The molecule has 0 aliphatic carbocycles. The largest absolute Gasteiger partial charge is 0.497 e. The lowest BCUT2D eigenvalue weighted by atomic mass is 10.0. The van der Waals surface area contributed by atoms with Gasteiger partial charge in [0.2, 0.25) is 0 Å². The minimum Gasteiger partial charge on any atom is -0.497 e. The zero-order valence-corrected chi connectivity index (χ0v) is 17.0. The summed E-state index contributed by atoms with van der Waals surface area (Å²) in [6.45, 7) is 0. The minimum atomic E-state index is -0.103. The average Bonchev–Trinajstić information content (AvgIpc) is 2.83. The number of para-hydroxylation sites is 1. The van der Waals surface area contributed by atoms with Gasteiger partial charge < -0.3 is 4.74 Å². The van der Waals surface area contributed by atoms with Crippen LogP contribution in [0, 0.1) is 0 Å². The van der Waals surface area contributed by atoms with Crippen LogP contribution in [0.1, 0.15) is 11.4 Å². The smallest absolute Gasteiger partial charge is 0.266 e. The second-order valence-corrected chi connectivity index (χ2v) is 7.23. The van der Waals surface area contributed by atoms with E-state index < -0.39 is 0 Å². The predicted octanol–water partition coefficient (Wildman–Crippen LogP) is 5.72. The molecule has 1 aromatic heterocycles. The van der Waals surface area contributed by atoms with Gasteiger partial charge in [0.15, 0.2) is 0 Å². The van der Waals surface area contributed by atoms with E-state index in [1.54, 1.807) is 11.7 Å². The van der Waals surface area contributed by atoms with Gasteiger partial charge in [0, 0.05) is 0 Å². The molecule has 4 heteroatoms. The third kappa shape index (κ3) is 3.49. The third-order valence-corrected chi connectivity index (χ3v) is 5.37. The van der Waals surface area contributed by atoms with E-state index >= 15 is 0 Å². The van der Waals surface area contributed by atoms with E-state index in [1.165, 1.54) is 5.39 Å². The van der Waals surface area contributed by atoms with E-state index in [4.69, 9.17) is 9.72 Å². The summed E-state index contributed by atoms with van der Waals surface area (Å²) < 4.78 is 6.91. The van der Waals surface area contributed by atoms with Gasteiger partial charge in [0.25, 0.3) is 5.56 Å². The number of nitrogens with zero attached hydrogens (tertiary/aromatic N) is 2. The van der Waals surface area contributed by atoms with E-state index in [9.17, 15) is 4.79 Å². The van der Waals surface area contributed by atoms with Crippen LogP contribution in [0.3, 0.4) is 0 Å². The molecule has 0 radical (unpaired) electrons. The van der Waals surface area contributed by atoms with Gasteiger partial charge in [-0.3, -0.25) is 9.36 Å². The molecule has 0 amide bonds. The Morgan fingerprint density at radius 1 is 0.774 bits per heavy atom. The van der Waals surface area contributed by atoms with Gasteiger partial charge in [-0.25, -0.2) is 4.98 Å². The first-order chi connectivity index (χ1) is 15.2. The molecular weight excluding hydrogens is 384 g/mol. The van der Waals surface area contributed by atoms with Crippen molar-refractivity contribution in [2.45, 2.75) is 0 Å². The molecule has 0 saturated heterocycles. The van der Waals surface area contributed by atoms with Crippen LogP contribution < -0.4 is 10.3 Å². The maximum absolute atomic E-state index is 13.4. The molecule has 0 N–H and O–H groups in total. The van der Waals surface area contributed by atoms with Crippen molar-refractivity contribution in [3.05, 3.63) is 113 Å². The molecule has 5 aromatic rings. The Hall–Kier alpha value is -4.18. The van der Waals surface area contributed by atoms with Crippen LogP contribution in [0.25, 0.3) is 39.5 Å². The summed E-state index contributed by atoms with van der Waals surface area (Å²) in [5, 5.41) is 2.91. The van der Waals surface area contributed by atoms with E-state index in [0.717, 1.165) is 22.4 Å². The first kappa shape index (κ1) is 18.8. The molecule has 1 heterocycles. The summed E-state index contributed by atoms with van der Waals surface area (Å²) in [7, 11) is 1.62. The predicted molar refractivity (Wildman–Crippen MR) is 127 cm³/mol. The summed E-state index contributed by atoms with van der Waals surface area (Å²) in [5.41, 5.74) is 2.38. The van der Waals surface area contributed by atoms with Gasteiger partial charge >= 0.3 is 0 Å². The van der Waals surface area contributed by atoms with E-state index in [1.807, 2.05) is 78.9 Å². The van der Waals surface area contributed by atoms with Crippen LogP contribution >= 0.6 is 0 Å². The first-order valence-electron chi connectivity index (χ1n) is 10.1. The minimum absolute atomic E-state index is 0.103. The lowest BCUT2D eigenvalue weighted by Crippen LogP contribution is -2.22. The van der Waals surface area contributed by atoms with Crippen molar-refractivity contribution in [3.63, 3.8) is 0 Å². The summed E-state index contributed by atoms with van der Waals surface area (Å²) in [5.74, 6) is 1.31. The van der Waals surface area contributed by atoms with Gasteiger partial charge in [-0.05, 0) is 58.8 Å². The summed E-state index contributed by atoms with van der Waals surface area (Å²) in [4.78, 5) is 18.2. The molecule has 5 rings (SSSR count). The monoisotopic (exact) mass is 404 g/mol. The molecule has 0 aliphatic rings. The Balaban J connectivity index is 1.71. The quantitative estimate of drug-likeness (QED) is 0.385. The second kappa shape index (κ2) is 7.92. The zero-order chi connectivity index (χ0) is 21.2. The average molecular weight is 404 g/mol. The topological polar surface area (TPSA) is 44.1 Å². The van der Waals surface area contributed by atoms with E-state index in [2.05, 4.69) is 24.3 Å². The van der Waals surface area contributed by atoms with Crippen LogP contribution in [0.5, 0.6) is 5.75 Å². The Morgan fingerprint density at radius 2 is 1.48 bits per heavy atom. The number of aromatic nitrogens is 2. The molecule has 0 atom stereocenters. The highest BCUT2D eigenvalue weighted by Crippen LogP contribution is 2.22. The number of hydrogen-bond acceptors (Lipinski definition) is 3. The Morgan fingerprint density at radius 3 is 2.29 bits per heavy atom. The van der Waals surface area contributed by atoms with E-state index in [-0.39, 0.29) is 5.56 Å².